The Kier molecular flexibility index (Phi) is 4.96. The van der Waals surface area contributed by atoms with E-state index in [-0.39, 0.29) is 17.7 Å². The average molecular weight is 368 g/mol. The van der Waals surface area contributed by atoms with Crippen molar-refractivity contribution in [3.8, 4) is 0 Å². The summed E-state index contributed by atoms with van der Waals surface area (Å²) in [6.07, 6.45) is 3.43. The van der Waals surface area contributed by atoms with E-state index in [4.69, 9.17) is 9.47 Å². The molecule has 0 aromatic carbocycles. The van der Waals surface area contributed by atoms with E-state index < -0.39 is 42.2 Å². The van der Waals surface area contributed by atoms with Gasteiger partial charge in [0.15, 0.2) is 17.7 Å². The fourth-order valence-electron chi connectivity index (χ4n) is 4.10. The van der Waals surface area contributed by atoms with Crippen molar-refractivity contribution < 1.29 is 39.1 Å². The lowest BCUT2D eigenvalue weighted by atomic mass is 9.84. The van der Waals surface area contributed by atoms with Gasteiger partial charge in [-0.1, -0.05) is 13.0 Å². The van der Waals surface area contributed by atoms with Crippen molar-refractivity contribution >= 4 is 11.9 Å². The summed E-state index contributed by atoms with van der Waals surface area (Å²) in [6, 6.07) is -0.482. The molecule has 0 aromatic rings. The number of quaternary nitrogens is 1. The fourth-order valence-corrected chi connectivity index (χ4v) is 4.10. The second-order valence-corrected chi connectivity index (χ2v) is 7.43. The molecule has 0 spiro atoms. The molecule has 8 nitrogen and oxygen atoms in total. The van der Waals surface area contributed by atoms with Crippen molar-refractivity contribution in [2.75, 3.05) is 26.3 Å². The lowest BCUT2D eigenvalue weighted by Crippen LogP contribution is -2.52. The van der Waals surface area contributed by atoms with Gasteiger partial charge < -0.3 is 19.7 Å². The summed E-state index contributed by atoms with van der Waals surface area (Å²) < 4.78 is 10.7. The molecule has 8 heteroatoms. The standard InChI is InChI=1S/C18H26NO7/c1-3-12-8-11(2)18(23,10-20)17(22)25-9-13-4-6-19(24)7-5-14(15(13)19)26-16(12)21/h3-4,11,14-15,20,23-24H,5-10H2,1-2H3/q+1/b12-3+/t11-,14-,15-,18-,19?/m1/s1. The number of allylic oxidation sites excluding steroid dienone is 1. The minimum absolute atomic E-state index is 0.0563. The normalized spacial score (nSPS) is 42.4. The summed E-state index contributed by atoms with van der Waals surface area (Å²) in [6.45, 7) is 3.10. The minimum Gasteiger partial charge on any atom is -0.459 e. The van der Waals surface area contributed by atoms with E-state index in [1.54, 1.807) is 26.0 Å². The lowest BCUT2D eigenvalue weighted by Gasteiger charge is -2.32. The summed E-state index contributed by atoms with van der Waals surface area (Å²) in [5.74, 6) is -2.21. The highest BCUT2D eigenvalue weighted by Gasteiger charge is 2.56. The molecule has 0 bridgehead atoms. The highest BCUT2D eigenvalue weighted by Crippen LogP contribution is 2.38. The van der Waals surface area contributed by atoms with Crippen LogP contribution in [-0.4, -0.2) is 76.1 Å². The van der Waals surface area contributed by atoms with Gasteiger partial charge >= 0.3 is 11.9 Å². The number of carbonyl (C=O) groups is 2. The van der Waals surface area contributed by atoms with Crippen LogP contribution in [0.15, 0.2) is 23.3 Å². The number of aliphatic hydroxyl groups is 2. The molecule has 0 radical (unpaired) electrons. The van der Waals surface area contributed by atoms with Gasteiger partial charge in [0.25, 0.3) is 0 Å². The summed E-state index contributed by atoms with van der Waals surface area (Å²) in [4.78, 5) is 25.1. The van der Waals surface area contributed by atoms with Crippen molar-refractivity contribution in [3.05, 3.63) is 23.3 Å². The number of hydroxylamine groups is 3. The first kappa shape index (κ1) is 19.0. The highest BCUT2D eigenvalue weighted by molar-refractivity contribution is 5.89. The summed E-state index contributed by atoms with van der Waals surface area (Å²) in [7, 11) is 0. The van der Waals surface area contributed by atoms with Gasteiger partial charge in [0.2, 0.25) is 0 Å². The number of carbonyl (C=O) groups excluding carboxylic acids is 2. The number of rotatable bonds is 1. The molecule has 5 atom stereocenters. The topological polar surface area (TPSA) is 113 Å². The predicted octanol–water partition coefficient (Wildman–Crippen LogP) is 0.0692. The zero-order chi connectivity index (χ0) is 19.1. The summed E-state index contributed by atoms with van der Waals surface area (Å²) in [5.41, 5.74) is -1.15. The van der Waals surface area contributed by atoms with Gasteiger partial charge in [-0.15, -0.1) is 0 Å². The van der Waals surface area contributed by atoms with E-state index in [1.165, 1.54) is 0 Å². The largest absolute Gasteiger partial charge is 0.459 e. The van der Waals surface area contributed by atoms with Crippen LogP contribution in [0.25, 0.3) is 0 Å². The molecule has 0 aromatic heterocycles. The van der Waals surface area contributed by atoms with Crippen LogP contribution in [-0.2, 0) is 19.1 Å². The quantitative estimate of drug-likeness (QED) is 0.260. The van der Waals surface area contributed by atoms with Gasteiger partial charge in [-0.05, 0) is 19.4 Å². The van der Waals surface area contributed by atoms with Crippen molar-refractivity contribution in [1.29, 1.82) is 0 Å². The van der Waals surface area contributed by atoms with Crippen LogP contribution in [0, 0.1) is 5.92 Å². The SMILES string of the molecule is C/C=C1\C[C@@H](C)[C@](O)(CO)C(=O)OCC2=CC[N+]3(O)CC[C@@H](OC1=O)[C@@H]23. The van der Waals surface area contributed by atoms with Crippen molar-refractivity contribution in [1.82, 2.24) is 0 Å². The lowest BCUT2D eigenvalue weighted by molar-refractivity contribution is -1.10. The second-order valence-electron chi connectivity index (χ2n) is 7.43. The Morgan fingerprint density at radius 1 is 1.42 bits per heavy atom. The minimum atomic E-state index is -2.12. The van der Waals surface area contributed by atoms with E-state index in [9.17, 15) is 25.0 Å². The number of hydrogen-bond acceptors (Lipinski definition) is 7. The van der Waals surface area contributed by atoms with Crippen LogP contribution < -0.4 is 0 Å². The third-order valence-corrected chi connectivity index (χ3v) is 5.90. The second kappa shape index (κ2) is 6.77. The van der Waals surface area contributed by atoms with Gasteiger partial charge in [-0.2, -0.15) is 4.65 Å². The van der Waals surface area contributed by atoms with Crippen LogP contribution in [0.2, 0.25) is 0 Å². The number of cyclic esters (lactones) is 1. The molecule has 144 valence electrons. The Balaban J connectivity index is 1.96. The van der Waals surface area contributed by atoms with Gasteiger partial charge in [0, 0.05) is 23.5 Å². The van der Waals surface area contributed by atoms with Crippen molar-refractivity contribution in [2.45, 2.75) is 44.4 Å². The zero-order valence-electron chi connectivity index (χ0n) is 15.1. The van der Waals surface area contributed by atoms with Gasteiger partial charge in [0.1, 0.15) is 19.7 Å². The first-order valence-corrected chi connectivity index (χ1v) is 8.90. The molecule has 3 aliphatic heterocycles. The molecular weight excluding hydrogens is 342 g/mol. The van der Waals surface area contributed by atoms with E-state index in [0.29, 0.717) is 30.7 Å². The zero-order valence-corrected chi connectivity index (χ0v) is 15.1. The first-order valence-electron chi connectivity index (χ1n) is 8.90. The monoisotopic (exact) mass is 368 g/mol. The van der Waals surface area contributed by atoms with Crippen LogP contribution in [0.4, 0.5) is 0 Å². The number of ether oxygens (including phenoxy) is 2. The summed E-state index contributed by atoms with van der Waals surface area (Å²) >= 11 is 0. The Morgan fingerprint density at radius 2 is 2.15 bits per heavy atom. The molecule has 3 aliphatic rings. The van der Waals surface area contributed by atoms with Gasteiger partial charge in [-0.25, -0.2) is 14.8 Å². The van der Waals surface area contributed by atoms with Crippen LogP contribution in [0.5, 0.6) is 0 Å². The molecular formula is C18H26NO7+. The average Bonchev–Trinajstić information content (AvgIpc) is 3.11. The van der Waals surface area contributed by atoms with E-state index in [0.717, 1.165) is 0 Å². The molecule has 0 saturated carbocycles. The Labute approximate surface area is 151 Å². The molecule has 0 amide bonds. The summed E-state index contributed by atoms with van der Waals surface area (Å²) in [5, 5.41) is 31.0. The van der Waals surface area contributed by atoms with Crippen LogP contribution in [0.3, 0.4) is 0 Å². The first-order chi connectivity index (χ1) is 12.2. The van der Waals surface area contributed by atoms with Crippen LogP contribution in [0.1, 0.15) is 26.7 Å². The van der Waals surface area contributed by atoms with Gasteiger partial charge in [0.05, 0.1) is 6.61 Å². The smallest absolute Gasteiger partial charge is 0.341 e. The molecule has 0 aliphatic carbocycles. The maximum absolute atomic E-state index is 12.6. The highest BCUT2D eigenvalue weighted by atomic mass is 16.6. The molecule has 3 rings (SSSR count). The number of esters is 2. The maximum Gasteiger partial charge on any atom is 0.341 e. The third-order valence-electron chi connectivity index (χ3n) is 5.90. The maximum atomic E-state index is 12.6. The van der Waals surface area contributed by atoms with E-state index in [2.05, 4.69) is 0 Å². The van der Waals surface area contributed by atoms with Crippen molar-refractivity contribution in [3.63, 3.8) is 0 Å². The molecule has 26 heavy (non-hydrogen) atoms. The van der Waals surface area contributed by atoms with E-state index in [1.807, 2.05) is 0 Å². The number of hydrogen-bond donors (Lipinski definition) is 3. The molecule has 1 unspecified atom stereocenters. The van der Waals surface area contributed by atoms with E-state index >= 15 is 0 Å². The third kappa shape index (κ3) is 2.96. The molecule has 2 fully saturated rings. The van der Waals surface area contributed by atoms with Gasteiger partial charge in [-0.3, -0.25) is 0 Å². The Morgan fingerprint density at radius 3 is 2.81 bits per heavy atom. The molecule has 3 heterocycles. The number of aliphatic hydroxyl groups excluding tert-OH is 1. The van der Waals surface area contributed by atoms with Crippen molar-refractivity contribution in [2.24, 2.45) is 5.92 Å². The Bertz CT molecular complexity index is 672. The molecule has 2 saturated heterocycles. The molecule has 3 N–H and O–H groups in total. The predicted molar refractivity (Wildman–Crippen MR) is 88.7 cm³/mol. The fraction of sp³-hybridized carbons (Fsp3) is 0.667. The van der Waals surface area contributed by atoms with Crippen LogP contribution >= 0.6 is 0 Å². The number of nitrogens with zero attached hydrogens (tertiary/aromatic N) is 1. The Hall–Kier alpha value is -1.74.